The van der Waals surface area contributed by atoms with E-state index in [4.69, 9.17) is 9.97 Å². The van der Waals surface area contributed by atoms with Crippen LogP contribution in [0.4, 0.5) is 5.82 Å². The molecule has 0 radical (unpaired) electrons. The summed E-state index contributed by atoms with van der Waals surface area (Å²) in [6, 6.07) is 8.73. The summed E-state index contributed by atoms with van der Waals surface area (Å²) in [5.74, 6) is 2.90. The minimum Gasteiger partial charge on any atom is -0.353 e. The molecule has 1 saturated heterocycles. The Labute approximate surface area is 180 Å². The van der Waals surface area contributed by atoms with Gasteiger partial charge in [-0.2, -0.15) is 0 Å². The number of hydrogen-bond donors (Lipinski definition) is 0. The van der Waals surface area contributed by atoms with Gasteiger partial charge in [0.25, 0.3) is 0 Å². The van der Waals surface area contributed by atoms with Gasteiger partial charge in [-0.05, 0) is 32.3 Å². The van der Waals surface area contributed by atoms with Gasteiger partial charge >= 0.3 is 0 Å². The van der Waals surface area contributed by atoms with Crippen molar-refractivity contribution in [2.45, 2.75) is 59.3 Å². The molecule has 2 fully saturated rings. The van der Waals surface area contributed by atoms with Crippen molar-refractivity contribution in [3.8, 4) is 0 Å². The Morgan fingerprint density at radius 1 is 1.03 bits per heavy atom. The Hall–Kier alpha value is -2.43. The molecule has 1 aliphatic carbocycles. The lowest BCUT2D eigenvalue weighted by molar-refractivity contribution is -0.138. The maximum absolute atomic E-state index is 12.6. The number of hydrogen-bond acceptors (Lipinski definition) is 4. The first-order valence-corrected chi connectivity index (χ1v) is 11.4. The molecule has 4 rings (SSSR count). The lowest BCUT2D eigenvalue weighted by Crippen LogP contribution is -2.51. The van der Waals surface area contributed by atoms with Crippen molar-refractivity contribution < 1.29 is 4.79 Å². The van der Waals surface area contributed by atoms with Crippen LogP contribution in [0, 0.1) is 19.8 Å². The molecule has 5 heteroatoms. The molecule has 1 aromatic carbocycles. The highest BCUT2D eigenvalue weighted by Crippen LogP contribution is 2.30. The quantitative estimate of drug-likeness (QED) is 0.745. The van der Waals surface area contributed by atoms with E-state index in [0.29, 0.717) is 5.91 Å². The van der Waals surface area contributed by atoms with E-state index in [9.17, 15) is 4.79 Å². The second-order valence-electron chi connectivity index (χ2n) is 9.23. The predicted molar refractivity (Wildman–Crippen MR) is 121 cm³/mol. The molecule has 1 aliphatic heterocycles. The van der Waals surface area contributed by atoms with Crippen LogP contribution in [0.15, 0.2) is 24.3 Å². The molecule has 2 aromatic rings. The van der Waals surface area contributed by atoms with Gasteiger partial charge in [-0.3, -0.25) is 4.79 Å². The highest BCUT2D eigenvalue weighted by Gasteiger charge is 2.32. The molecule has 160 valence electrons. The Morgan fingerprint density at radius 3 is 2.27 bits per heavy atom. The average molecular weight is 407 g/mol. The SMILES string of the molecule is Cc1ccc(Cc2c(C)nc(C(C)C)nc2N2CCN(C(=O)C3CCC3)CC2)cc1. The summed E-state index contributed by atoms with van der Waals surface area (Å²) in [4.78, 5) is 26.9. The molecule has 0 N–H and O–H groups in total. The van der Waals surface area contributed by atoms with Crippen LogP contribution in [0.1, 0.15) is 67.2 Å². The van der Waals surface area contributed by atoms with E-state index < -0.39 is 0 Å². The van der Waals surface area contributed by atoms with Gasteiger partial charge in [0.1, 0.15) is 11.6 Å². The third-order valence-corrected chi connectivity index (χ3v) is 6.57. The van der Waals surface area contributed by atoms with E-state index in [-0.39, 0.29) is 11.8 Å². The van der Waals surface area contributed by atoms with Crippen molar-refractivity contribution in [1.29, 1.82) is 0 Å². The van der Waals surface area contributed by atoms with Crippen LogP contribution in [-0.4, -0.2) is 47.0 Å². The standard InChI is InChI=1S/C25H34N4O/c1-17(2)23-26-19(4)22(16-20-10-8-18(3)9-11-20)24(27-23)28-12-14-29(15-13-28)25(30)21-6-5-7-21/h8-11,17,21H,5-7,12-16H2,1-4H3. The van der Waals surface area contributed by atoms with Crippen molar-refractivity contribution in [2.75, 3.05) is 31.1 Å². The molecular formula is C25H34N4O. The molecule has 1 amide bonds. The fraction of sp³-hybridized carbons (Fsp3) is 0.560. The first-order valence-electron chi connectivity index (χ1n) is 11.4. The molecule has 2 heterocycles. The number of piperazine rings is 1. The van der Waals surface area contributed by atoms with Crippen molar-refractivity contribution in [2.24, 2.45) is 5.92 Å². The van der Waals surface area contributed by atoms with E-state index in [1.54, 1.807) is 0 Å². The summed E-state index contributed by atoms with van der Waals surface area (Å²) in [6.45, 7) is 11.8. The van der Waals surface area contributed by atoms with Crippen LogP contribution < -0.4 is 4.90 Å². The maximum atomic E-state index is 12.6. The topological polar surface area (TPSA) is 49.3 Å². The van der Waals surface area contributed by atoms with Gasteiger partial charge in [-0.1, -0.05) is 50.1 Å². The molecule has 5 nitrogen and oxygen atoms in total. The Kier molecular flexibility index (Phi) is 6.07. The van der Waals surface area contributed by atoms with Gasteiger partial charge in [-0.15, -0.1) is 0 Å². The Bertz CT molecular complexity index is 894. The van der Waals surface area contributed by atoms with Gasteiger partial charge in [0.15, 0.2) is 0 Å². The smallest absolute Gasteiger partial charge is 0.225 e. The molecule has 0 atom stereocenters. The molecule has 0 spiro atoms. The normalized spacial score (nSPS) is 17.4. The predicted octanol–water partition coefficient (Wildman–Crippen LogP) is 4.26. The number of nitrogens with zero attached hydrogens (tertiary/aromatic N) is 4. The maximum Gasteiger partial charge on any atom is 0.225 e. The second-order valence-corrected chi connectivity index (χ2v) is 9.23. The van der Waals surface area contributed by atoms with E-state index >= 15 is 0 Å². The van der Waals surface area contributed by atoms with E-state index in [1.165, 1.54) is 23.1 Å². The first-order chi connectivity index (χ1) is 14.4. The van der Waals surface area contributed by atoms with Crippen LogP contribution in [0.5, 0.6) is 0 Å². The van der Waals surface area contributed by atoms with Crippen LogP contribution in [-0.2, 0) is 11.2 Å². The van der Waals surface area contributed by atoms with Crippen molar-refractivity contribution in [1.82, 2.24) is 14.9 Å². The summed E-state index contributed by atoms with van der Waals surface area (Å²) in [5, 5.41) is 0. The number of aryl methyl sites for hydroxylation is 2. The van der Waals surface area contributed by atoms with Gasteiger partial charge < -0.3 is 9.80 Å². The number of carbonyl (C=O) groups excluding carboxylic acids is 1. The molecule has 30 heavy (non-hydrogen) atoms. The summed E-state index contributed by atoms with van der Waals surface area (Å²) in [5.41, 5.74) is 4.83. The largest absolute Gasteiger partial charge is 0.353 e. The van der Waals surface area contributed by atoms with Gasteiger partial charge in [0, 0.05) is 55.7 Å². The summed E-state index contributed by atoms with van der Waals surface area (Å²) < 4.78 is 0. The molecule has 0 bridgehead atoms. The number of amides is 1. The van der Waals surface area contributed by atoms with Crippen LogP contribution in [0.3, 0.4) is 0 Å². The number of aromatic nitrogens is 2. The van der Waals surface area contributed by atoms with Crippen molar-refractivity contribution >= 4 is 11.7 Å². The van der Waals surface area contributed by atoms with Gasteiger partial charge in [-0.25, -0.2) is 9.97 Å². The summed E-state index contributed by atoms with van der Waals surface area (Å²) >= 11 is 0. The first kappa shape index (κ1) is 20.8. The van der Waals surface area contributed by atoms with Crippen LogP contribution in [0.25, 0.3) is 0 Å². The fourth-order valence-electron chi connectivity index (χ4n) is 4.29. The number of rotatable bonds is 5. The zero-order chi connectivity index (χ0) is 21.3. The Balaban J connectivity index is 1.57. The number of anilines is 1. The minimum absolute atomic E-state index is 0.280. The third-order valence-electron chi connectivity index (χ3n) is 6.57. The van der Waals surface area contributed by atoms with Crippen LogP contribution in [0.2, 0.25) is 0 Å². The molecule has 1 aromatic heterocycles. The number of benzene rings is 1. The van der Waals surface area contributed by atoms with Crippen molar-refractivity contribution in [3.05, 3.63) is 52.5 Å². The molecule has 2 aliphatic rings. The Morgan fingerprint density at radius 2 is 1.70 bits per heavy atom. The van der Waals surface area contributed by atoms with Crippen molar-refractivity contribution in [3.63, 3.8) is 0 Å². The van der Waals surface area contributed by atoms with E-state index in [1.807, 2.05) is 0 Å². The second kappa shape index (κ2) is 8.75. The zero-order valence-corrected chi connectivity index (χ0v) is 18.8. The minimum atomic E-state index is 0.280. The molecule has 1 saturated carbocycles. The lowest BCUT2D eigenvalue weighted by Gasteiger charge is -2.39. The van der Waals surface area contributed by atoms with E-state index in [2.05, 4.69) is 61.8 Å². The highest BCUT2D eigenvalue weighted by molar-refractivity contribution is 5.80. The molecule has 0 unspecified atom stereocenters. The van der Waals surface area contributed by atoms with Crippen LogP contribution >= 0.6 is 0 Å². The average Bonchev–Trinajstić information content (AvgIpc) is 2.69. The zero-order valence-electron chi connectivity index (χ0n) is 18.8. The van der Waals surface area contributed by atoms with Gasteiger partial charge in [0.2, 0.25) is 5.91 Å². The van der Waals surface area contributed by atoms with Gasteiger partial charge in [0.05, 0.1) is 0 Å². The monoisotopic (exact) mass is 406 g/mol. The summed E-state index contributed by atoms with van der Waals surface area (Å²) in [6.07, 6.45) is 4.18. The fourth-order valence-corrected chi connectivity index (χ4v) is 4.29. The third kappa shape index (κ3) is 4.35. The number of carbonyl (C=O) groups is 1. The molecular weight excluding hydrogens is 372 g/mol. The lowest BCUT2D eigenvalue weighted by atomic mass is 9.84. The summed E-state index contributed by atoms with van der Waals surface area (Å²) in [7, 11) is 0. The van der Waals surface area contributed by atoms with E-state index in [0.717, 1.165) is 62.8 Å². The highest BCUT2D eigenvalue weighted by atomic mass is 16.2.